The van der Waals surface area contributed by atoms with Crippen molar-refractivity contribution in [3.8, 4) is 0 Å². The first-order valence-corrected chi connectivity index (χ1v) is 8.55. The van der Waals surface area contributed by atoms with Crippen molar-refractivity contribution in [2.24, 2.45) is 7.05 Å². The van der Waals surface area contributed by atoms with E-state index in [1.807, 2.05) is 11.7 Å². The average Bonchev–Trinajstić information content (AvgIpc) is 3.08. The van der Waals surface area contributed by atoms with E-state index in [1.165, 1.54) is 32.1 Å². The van der Waals surface area contributed by atoms with Crippen molar-refractivity contribution in [2.45, 2.75) is 56.6 Å². The van der Waals surface area contributed by atoms with E-state index in [4.69, 9.17) is 0 Å². The highest BCUT2D eigenvalue weighted by Crippen LogP contribution is 2.46. The lowest BCUT2D eigenvalue weighted by Gasteiger charge is -2.46. The maximum Gasteiger partial charge on any atom is 0.115 e. The molecule has 1 aromatic heterocycles. The summed E-state index contributed by atoms with van der Waals surface area (Å²) in [4.78, 5) is 2.56. The molecule has 112 valence electrons. The molecule has 5 heteroatoms. The molecule has 20 heavy (non-hydrogen) atoms. The van der Waals surface area contributed by atoms with Crippen molar-refractivity contribution in [1.29, 1.82) is 0 Å². The number of hydrogen-bond donors (Lipinski definition) is 1. The molecule has 0 amide bonds. The largest absolute Gasteiger partial charge is 0.385 e. The SMILES string of the molecule is Cn1ncc(Br)c1C(O)C1(N2CCCCC2)CCCC1. The second-order valence-corrected chi connectivity index (χ2v) is 7.12. The minimum Gasteiger partial charge on any atom is -0.385 e. The first-order valence-electron chi connectivity index (χ1n) is 7.76. The predicted molar refractivity (Wildman–Crippen MR) is 82.5 cm³/mol. The summed E-state index contributed by atoms with van der Waals surface area (Å²) in [5, 5.41) is 15.4. The highest BCUT2D eigenvalue weighted by atomic mass is 79.9. The second-order valence-electron chi connectivity index (χ2n) is 6.26. The maximum atomic E-state index is 11.1. The van der Waals surface area contributed by atoms with Gasteiger partial charge in [0.05, 0.1) is 21.9 Å². The molecule has 0 radical (unpaired) electrons. The third kappa shape index (κ3) is 2.34. The molecule has 4 nitrogen and oxygen atoms in total. The van der Waals surface area contributed by atoms with Gasteiger partial charge in [0.2, 0.25) is 0 Å². The Morgan fingerprint density at radius 2 is 1.85 bits per heavy atom. The van der Waals surface area contributed by atoms with Crippen molar-refractivity contribution in [2.75, 3.05) is 13.1 Å². The number of likely N-dealkylation sites (tertiary alicyclic amines) is 1. The Labute approximate surface area is 129 Å². The summed E-state index contributed by atoms with van der Waals surface area (Å²) in [5.41, 5.74) is 0.856. The van der Waals surface area contributed by atoms with Crippen molar-refractivity contribution in [1.82, 2.24) is 14.7 Å². The zero-order valence-corrected chi connectivity index (χ0v) is 13.8. The van der Waals surface area contributed by atoms with Crippen molar-refractivity contribution in [3.63, 3.8) is 0 Å². The smallest absolute Gasteiger partial charge is 0.115 e. The number of aliphatic hydroxyl groups is 1. The fraction of sp³-hybridized carbons (Fsp3) is 0.800. The lowest BCUT2D eigenvalue weighted by molar-refractivity contribution is -0.0444. The van der Waals surface area contributed by atoms with Gasteiger partial charge in [0.25, 0.3) is 0 Å². The van der Waals surface area contributed by atoms with Crippen LogP contribution in [0.2, 0.25) is 0 Å². The van der Waals surface area contributed by atoms with E-state index < -0.39 is 6.10 Å². The Balaban J connectivity index is 1.93. The number of nitrogens with zero attached hydrogens (tertiary/aromatic N) is 3. The minimum atomic E-state index is -0.454. The van der Waals surface area contributed by atoms with Gasteiger partial charge < -0.3 is 5.11 Å². The molecule has 0 aromatic carbocycles. The van der Waals surface area contributed by atoms with Crippen molar-refractivity contribution in [3.05, 3.63) is 16.4 Å². The number of rotatable bonds is 3. The molecule has 1 aliphatic carbocycles. The molecule has 1 aromatic rings. The Morgan fingerprint density at radius 3 is 2.40 bits per heavy atom. The van der Waals surface area contributed by atoms with Gasteiger partial charge in [0, 0.05) is 7.05 Å². The van der Waals surface area contributed by atoms with Crippen LogP contribution in [0.5, 0.6) is 0 Å². The van der Waals surface area contributed by atoms with Crippen LogP contribution in [0.1, 0.15) is 56.7 Å². The summed E-state index contributed by atoms with van der Waals surface area (Å²) in [5.74, 6) is 0. The first-order chi connectivity index (χ1) is 9.65. The fourth-order valence-corrected chi connectivity index (χ4v) is 4.64. The van der Waals surface area contributed by atoms with Gasteiger partial charge in [-0.3, -0.25) is 9.58 Å². The Morgan fingerprint density at radius 1 is 1.20 bits per heavy atom. The normalized spacial score (nSPS) is 24.9. The summed E-state index contributed by atoms with van der Waals surface area (Å²) in [6.45, 7) is 2.26. The van der Waals surface area contributed by atoms with Crippen LogP contribution in [0.4, 0.5) is 0 Å². The van der Waals surface area contributed by atoms with Gasteiger partial charge in [0.1, 0.15) is 6.10 Å². The number of piperidine rings is 1. The van der Waals surface area contributed by atoms with Gasteiger partial charge in [-0.2, -0.15) is 5.10 Å². The van der Waals surface area contributed by atoms with Crippen LogP contribution in [-0.4, -0.2) is 38.4 Å². The van der Waals surface area contributed by atoms with Gasteiger partial charge >= 0.3 is 0 Å². The van der Waals surface area contributed by atoms with Crippen LogP contribution in [0.3, 0.4) is 0 Å². The highest BCUT2D eigenvalue weighted by Gasteiger charge is 2.47. The number of aromatic nitrogens is 2. The highest BCUT2D eigenvalue weighted by molar-refractivity contribution is 9.10. The summed E-state index contributed by atoms with van der Waals surface area (Å²) < 4.78 is 2.74. The van der Waals surface area contributed by atoms with Crippen LogP contribution >= 0.6 is 15.9 Å². The molecule has 2 aliphatic rings. The third-order valence-corrected chi connectivity index (χ3v) is 5.77. The lowest BCUT2D eigenvalue weighted by Crippen LogP contribution is -2.53. The molecule has 1 aliphatic heterocycles. The van der Waals surface area contributed by atoms with Gasteiger partial charge in [-0.15, -0.1) is 0 Å². The molecule has 0 spiro atoms. The molecule has 2 heterocycles. The molecule has 0 bridgehead atoms. The van der Waals surface area contributed by atoms with Gasteiger partial charge in [-0.25, -0.2) is 0 Å². The van der Waals surface area contributed by atoms with Crippen LogP contribution in [-0.2, 0) is 7.05 Å². The monoisotopic (exact) mass is 341 g/mol. The number of hydrogen-bond acceptors (Lipinski definition) is 3. The van der Waals surface area contributed by atoms with Gasteiger partial charge in [-0.1, -0.05) is 19.3 Å². The van der Waals surface area contributed by atoms with Gasteiger partial charge in [-0.05, 0) is 54.7 Å². The molecular weight excluding hydrogens is 318 g/mol. The molecule has 2 fully saturated rings. The third-order valence-electron chi connectivity index (χ3n) is 5.16. The fourth-order valence-electron chi connectivity index (χ4n) is 4.07. The van der Waals surface area contributed by atoms with E-state index in [-0.39, 0.29) is 5.54 Å². The van der Waals surface area contributed by atoms with E-state index in [0.29, 0.717) is 0 Å². The van der Waals surface area contributed by atoms with E-state index >= 15 is 0 Å². The summed E-state index contributed by atoms with van der Waals surface area (Å²) in [6, 6.07) is 0. The molecular formula is C15H24BrN3O. The molecule has 1 unspecified atom stereocenters. The molecule has 1 saturated carbocycles. The average molecular weight is 342 g/mol. The van der Waals surface area contributed by atoms with E-state index in [0.717, 1.165) is 36.1 Å². The maximum absolute atomic E-state index is 11.1. The Hall–Kier alpha value is -0.390. The van der Waals surface area contributed by atoms with Crippen LogP contribution < -0.4 is 0 Å². The summed E-state index contributed by atoms with van der Waals surface area (Å²) in [6.07, 6.45) is 9.85. The quantitative estimate of drug-likeness (QED) is 0.918. The summed E-state index contributed by atoms with van der Waals surface area (Å²) in [7, 11) is 1.92. The molecule has 3 rings (SSSR count). The zero-order chi connectivity index (χ0) is 14.2. The zero-order valence-electron chi connectivity index (χ0n) is 12.2. The lowest BCUT2D eigenvalue weighted by atomic mass is 9.84. The molecule has 1 saturated heterocycles. The number of aryl methyl sites for hydroxylation is 1. The van der Waals surface area contributed by atoms with Crippen LogP contribution in [0.15, 0.2) is 10.7 Å². The molecule has 1 atom stereocenters. The predicted octanol–water partition coefficient (Wildman–Crippen LogP) is 3.01. The molecule has 1 N–H and O–H groups in total. The van der Waals surface area contributed by atoms with Gasteiger partial charge in [0.15, 0.2) is 0 Å². The van der Waals surface area contributed by atoms with Crippen LogP contribution in [0.25, 0.3) is 0 Å². The van der Waals surface area contributed by atoms with E-state index in [1.54, 1.807) is 6.20 Å². The summed E-state index contributed by atoms with van der Waals surface area (Å²) >= 11 is 3.55. The topological polar surface area (TPSA) is 41.3 Å². The number of halogens is 1. The Kier molecular flexibility index (Phi) is 4.20. The van der Waals surface area contributed by atoms with Crippen molar-refractivity contribution >= 4 is 15.9 Å². The van der Waals surface area contributed by atoms with Crippen LogP contribution in [0, 0.1) is 0 Å². The Bertz CT molecular complexity index is 442. The standard InChI is InChI=1S/C15H24BrN3O/c1-18-13(12(16)11-17-18)14(20)15(7-3-4-8-15)19-9-5-2-6-10-19/h11,14,20H,2-10H2,1H3. The second kappa shape index (κ2) is 5.78. The van der Waals surface area contributed by atoms with E-state index in [2.05, 4.69) is 25.9 Å². The number of aliphatic hydroxyl groups excluding tert-OH is 1. The van der Waals surface area contributed by atoms with Crippen molar-refractivity contribution < 1.29 is 5.11 Å². The minimum absolute atomic E-state index is 0.0727. The first kappa shape index (κ1) is 14.5. The van der Waals surface area contributed by atoms with E-state index in [9.17, 15) is 5.11 Å².